The summed E-state index contributed by atoms with van der Waals surface area (Å²) in [7, 11) is 0. The van der Waals surface area contributed by atoms with Gasteiger partial charge in [-0.05, 0) is 19.1 Å². The minimum Gasteiger partial charge on any atom is -0.354 e. The molecular formula is C11H15ClN2OS2. The highest BCUT2D eigenvalue weighted by molar-refractivity contribution is 8.00. The lowest BCUT2D eigenvalue weighted by molar-refractivity contribution is -0.120. The second-order valence-corrected chi connectivity index (χ2v) is 6.69. The number of alkyl halides is 1. The van der Waals surface area contributed by atoms with E-state index in [4.69, 9.17) is 11.6 Å². The topological polar surface area (TPSA) is 42.0 Å². The number of carbonyl (C=O) groups is 1. The van der Waals surface area contributed by atoms with Crippen LogP contribution in [0.4, 0.5) is 0 Å². The molecule has 2 rings (SSSR count). The highest BCUT2D eigenvalue weighted by Gasteiger charge is 2.41. The van der Waals surface area contributed by atoms with Gasteiger partial charge in [0, 0.05) is 16.7 Å². The molecule has 1 aromatic heterocycles. The number of carbonyl (C=O) groups excluding carboxylic acids is 1. The predicted octanol–water partition coefficient (Wildman–Crippen LogP) is 2.44. The Balaban J connectivity index is 1.77. The number of aromatic nitrogens is 1. The van der Waals surface area contributed by atoms with Crippen molar-refractivity contribution in [2.75, 3.05) is 12.8 Å². The van der Waals surface area contributed by atoms with Gasteiger partial charge in [0.25, 0.3) is 0 Å². The average Bonchev–Trinajstić information content (AvgIpc) is 2.99. The molecule has 1 aliphatic rings. The third-order valence-corrected chi connectivity index (χ3v) is 5.49. The molecule has 1 N–H and O–H groups in total. The van der Waals surface area contributed by atoms with Gasteiger partial charge in [-0.3, -0.25) is 4.79 Å². The van der Waals surface area contributed by atoms with Crippen LogP contribution in [0, 0.1) is 0 Å². The summed E-state index contributed by atoms with van der Waals surface area (Å²) in [5, 5.41) is 5.73. The number of nitrogens with zero attached hydrogens (tertiary/aromatic N) is 1. The van der Waals surface area contributed by atoms with E-state index < -0.39 is 0 Å². The number of hydrogen-bond acceptors (Lipinski definition) is 4. The van der Waals surface area contributed by atoms with Gasteiger partial charge < -0.3 is 5.32 Å². The standard InChI is InChI=1S/C11H15ClN2OS2/c1-16-11(2-3-11)7-13-9(15)4-10-14-8(5-12)6-17-10/h6H,2-5,7H2,1H3,(H,13,15). The molecule has 1 aromatic rings. The summed E-state index contributed by atoms with van der Waals surface area (Å²) in [4.78, 5) is 16.0. The minimum absolute atomic E-state index is 0.0563. The Bertz CT molecular complexity index is 404. The highest BCUT2D eigenvalue weighted by atomic mass is 35.5. The Morgan fingerprint density at radius 2 is 2.47 bits per heavy atom. The zero-order valence-electron chi connectivity index (χ0n) is 9.66. The third-order valence-electron chi connectivity index (χ3n) is 2.90. The lowest BCUT2D eigenvalue weighted by Crippen LogP contribution is -2.32. The Hall–Kier alpha value is -0.260. The first-order valence-electron chi connectivity index (χ1n) is 5.48. The fraction of sp³-hybridized carbons (Fsp3) is 0.636. The molecular weight excluding hydrogens is 276 g/mol. The lowest BCUT2D eigenvalue weighted by Gasteiger charge is -2.12. The van der Waals surface area contributed by atoms with Crippen molar-refractivity contribution in [3.05, 3.63) is 16.1 Å². The monoisotopic (exact) mass is 290 g/mol. The van der Waals surface area contributed by atoms with Crippen molar-refractivity contribution in [3.8, 4) is 0 Å². The molecule has 0 radical (unpaired) electrons. The van der Waals surface area contributed by atoms with E-state index in [2.05, 4.69) is 16.6 Å². The molecule has 0 unspecified atom stereocenters. The molecule has 0 bridgehead atoms. The average molecular weight is 291 g/mol. The van der Waals surface area contributed by atoms with Gasteiger partial charge >= 0.3 is 0 Å². The summed E-state index contributed by atoms with van der Waals surface area (Å²) in [6.07, 6.45) is 4.89. The second-order valence-electron chi connectivity index (χ2n) is 4.21. The highest BCUT2D eigenvalue weighted by Crippen LogP contribution is 2.46. The normalized spacial score (nSPS) is 16.8. The fourth-order valence-electron chi connectivity index (χ4n) is 1.54. The Labute approximate surface area is 114 Å². The van der Waals surface area contributed by atoms with Crippen molar-refractivity contribution in [1.82, 2.24) is 10.3 Å². The van der Waals surface area contributed by atoms with E-state index >= 15 is 0 Å². The number of halogens is 1. The molecule has 3 nitrogen and oxygen atoms in total. The Morgan fingerprint density at radius 3 is 3.00 bits per heavy atom. The molecule has 1 amide bonds. The van der Waals surface area contributed by atoms with Crippen LogP contribution in [0.1, 0.15) is 23.5 Å². The molecule has 0 spiro atoms. The largest absolute Gasteiger partial charge is 0.354 e. The van der Waals surface area contributed by atoms with Gasteiger partial charge in [-0.2, -0.15) is 11.8 Å². The van der Waals surface area contributed by atoms with Crippen LogP contribution in [0.15, 0.2) is 5.38 Å². The Morgan fingerprint density at radius 1 is 1.71 bits per heavy atom. The van der Waals surface area contributed by atoms with Crippen LogP contribution >= 0.6 is 34.7 Å². The summed E-state index contributed by atoms with van der Waals surface area (Å²) in [5.41, 5.74) is 0.849. The van der Waals surface area contributed by atoms with Gasteiger partial charge in [0.2, 0.25) is 5.91 Å². The molecule has 1 heterocycles. The molecule has 94 valence electrons. The second kappa shape index (κ2) is 5.59. The fourth-order valence-corrected chi connectivity index (χ4v) is 3.29. The zero-order valence-corrected chi connectivity index (χ0v) is 12.1. The molecule has 0 atom stereocenters. The molecule has 0 saturated heterocycles. The van der Waals surface area contributed by atoms with Gasteiger partial charge in [0.1, 0.15) is 5.01 Å². The van der Waals surface area contributed by atoms with Crippen LogP contribution in [-0.2, 0) is 17.1 Å². The minimum atomic E-state index is 0.0563. The molecule has 0 aromatic carbocycles. The molecule has 17 heavy (non-hydrogen) atoms. The number of thiazole rings is 1. The van der Waals surface area contributed by atoms with Crippen molar-refractivity contribution in [3.63, 3.8) is 0 Å². The number of thioether (sulfide) groups is 1. The maximum atomic E-state index is 11.7. The molecule has 1 saturated carbocycles. The SMILES string of the molecule is CSC1(CNC(=O)Cc2nc(CCl)cs2)CC1. The van der Waals surface area contributed by atoms with Crippen molar-refractivity contribution >= 4 is 40.6 Å². The van der Waals surface area contributed by atoms with E-state index in [1.807, 2.05) is 17.1 Å². The maximum absolute atomic E-state index is 11.7. The van der Waals surface area contributed by atoms with E-state index in [9.17, 15) is 4.79 Å². The zero-order chi connectivity index (χ0) is 12.3. The number of hydrogen-bond donors (Lipinski definition) is 1. The van der Waals surface area contributed by atoms with E-state index in [0.29, 0.717) is 17.0 Å². The van der Waals surface area contributed by atoms with Crippen LogP contribution in [-0.4, -0.2) is 28.4 Å². The molecule has 0 aliphatic heterocycles. The van der Waals surface area contributed by atoms with Gasteiger partial charge in [-0.1, -0.05) is 0 Å². The Kier molecular flexibility index (Phi) is 4.33. The third kappa shape index (κ3) is 3.60. The lowest BCUT2D eigenvalue weighted by atomic mass is 10.3. The predicted molar refractivity (Wildman–Crippen MR) is 73.9 cm³/mol. The first kappa shape index (κ1) is 13.2. The van der Waals surface area contributed by atoms with Crippen molar-refractivity contribution in [2.24, 2.45) is 0 Å². The quantitative estimate of drug-likeness (QED) is 0.818. The molecule has 6 heteroatoms. The van der Waals surface area contributed by atoms with Crippen LogP contribution in [0.2, 0.25) is 0 Å². The number of rotatable bonds is 6. The van der Waals surface area contributed by atoms with E-state index in [1.165, 1.54) is 24.2 Å². The van der Waals surface area contributed by atoms with Crippen molar-refractivity contribution in [2.45, 2.75) is 29.9 Å². The van der Waals surface area contributed by atoms with Gasteiger partial charge in [-0.25, -0.2) is 4.98 Å². The van der Waals surface area contributed by atoms with Crippen molar-refractivity contribution in [1.29, 1.82) is 0 Å². The van der Waals surface area contributed by atoms with Crippen LogP contribution in [0.3, 0.4) is 0 Å². The van der Waals surface area contributed by atoms with Crippen LogP contribution < -0.4 is 5.32 Å². The van der Waals surface area contributed by atoms with E-state index in [-0.39, 0.29) is 5.91 Å². The first-order chi connectivity index (χ1) is 8.17. The summed E-state index contributed by atoms with van der Waals surface area (Å²) < 4.78 is 0.319. The summed E-state index contributed by atoms with van der Waals surface area (Å²) in [6, 6.07) is 0. The van der Waals surface area contributed by atoms with E-state index in [1.54, 1.807) is 0 Å². The van der Waals surface area contributed by atoms with Gasteiger partial charge in [0.15, 0.2) is 0 Å². The van der Waals surface area contributed by atoms with E-state index in [0.717, 1.165) is 17.2 Å². The maximum Gasteiger partial charge on any atom is 0.226 e. The molecule has 1 aliphatic carbocycles. The van der Waals surface area contributed by atoms with Crippen LogP contribution in [0.25, 0.3) is 0 Å². The summed E-state index contributed by atoms with van der Waals surface area (Å²) in [5.74, 6) is 0.467. The summed E-state index contributed by atoms with van der Waals surface area (Å²) in [6.45, 7) is 0.779. The number of amides is 1. The van der Waals surface area contributed by atoms with Gasteiger partial charge in [-0.15, -0.1) is 22.9 Å². The summed E-state index contributed by atoms with van der Waals surface area (Å²) >= 11 is 9.01. The smallest absolute Gasteiger partial charge is 0.226 e. The van der Waals surface area contributed by atoms with Crippen LogP contribution in [0.5, 0.6) is 0 Å². The first-order valence-corrected chi connectivity index (χ1v) is 8.12. The van der Waals surface area contributed by atoms with Gasteiger partial charge in [0.05, 0.1) is 18.0 Å². The van der Waals surface area contributed by atoms with Crippen molar-refractivity contribution < 1.29 is 4.79 Å². The molecule has 1 fully saturated rings. The number of nitrogens with one attached hydrogen (secondary N) is 1.